The molecule has 8 heteroatoms. The molecule has 7 aromatic carbocycles. The predicted molar refractivity (Wildman–Crippen MR) is 236 cm³/mol. The van der Waals surface area contributed by atoms with E-state index >= 15 is 0 Å². The highest BCUT2D eigenvalue weighted by atomic mass is 32.1. The monoisotopic (exact) mass is 765 g/mol. The van der Waals surface area contributed by atoms with Crippen LogP contribution in [0.25, 0.3) is 119 Å². The lowest BCUT2D eigenvalue weighted by Crippen LogP contribution is -2.00. The molecule has 0 radical (unpaired) electrons. The van der Waals surface area contributed by atoms with Crippen molar-refractivity contribution >= 4 is 85.1 Å². The van der Waals surface area contributed by atoms with E-state index in [2.05, 4.69) is 97.1 Å². The first-order valence-corrected chi connectivity index (χ1v) is 20.3. The van der Waals surface area contributed by atoms with Crippen LogP contribution in [0.3, 0.4) is 0 Å². The summed E-state index contributed by atoms with van der Waals surface area (Å²) in [5, 5.41) is 5.73. The summed E-state index contributed by atoms with van der Waals surface area (Å²) >= 11 is 3.56. The summed E-state index contributed by atoms with van der Waals surface area (Å²) in [5.74, 6) is 2.58. The standard InChI is InChI=1S/C49H27N5OS2/c1-3-11-28(12-4-1)43-45-44(35-16-7-9-17-38(35)55-45)51-47(50-43)32-19-22-34-37-26-31(21-24-41(37)57-42(34)27-32)49-53-46(29-13-5-2-6-14-29)52-48(54-49)30-20-23-40-36(25-30)33-15-8-10-18-39(33)56-40/h1-27H. The zero-order chi connectivity index (χ0) is 37.5. The van der Waals surface area contributed by atoms with Gasteiger partial charge in [-0.2, -0.15) is 0 Å². The number of hydrogen-bond acceptors (Lipinski definition) is 8. The molecule has 266 valence electrons. The molecule has 0 saturated heterocycles. The fourth-order valence-corrected chi connectivity index (χ4v) is 9.99. The first-order chi connectivity index (χ1) is 28.2. The van der Waals surface area contributed by atoms with Crippen molar-refractivity contribution in [2.45, 2.75) is 0 Å². The van der Waals surface area contributed by atoms with Crippen LogP contribution in [-0.4, -0.2) is 24.9 Å². The number of benzene rings is 7. The van der Waals surface area contributed by atoms with Crippen molar-refractivity contribution in [3.05, 3.63) is 164 Å². The maximum Gasteiger partial charge on any atom is 0.180 e. The van der Waals surface area contributed by atoms with E-state index in [1.807, 2.05) is 66.7 Å². The lowest BCUT2D eigenvalue weighted by atomic mass is 10.1. The number of nitrogens with zero attached hydrogens (tertiary/aromatic N) is 5. The van der Waals surface area contributed by atoms with Gasteiger partial charge < -0.3 is 4.42 Å². The van der Waals surface area contributed by atoms with Crippen molar-refractivity contribution in [2.75, 3.05) is 0 Å². The molecule has 0 bridgehead atoms. The van der Waals surface area contributed by atoms with Crippen LogP contribution >= 0.6 is 22.7 Å². The molecule has 0 aliphatic rings. The topological polar surface area (TPSA) is 77.6 Å². The Kier molecular flexibility index (Phi) is 7.17. The molecule has 0 saturated carbocycles. The second-order valence-electron chi connectivity index (χ2n) is 14.0. The van der Waals surface area contributed by atoms with Crippen LogP contribution < -0.4 is 0 Å². The van der Waals surface area contributed by atoms with Crippen LogP contribution in [0.2, 0.25) is 0 Å². The van der Waals surface area contributed by atoms with E-state index < -0.39 is 0 Å². The minimum atomic E-state index is 0.634. The van der Waals surface area contributed by atoms with Crippen LogP contribution in [0.4, 0.5) is 0 Å². The summed E-state index contributed by atoms with van der Waals surface area (Å²) in [4.78, 5) is 25.5. The van der Waals surface area contributed by atoms with Crippen molar-refractivity contribution in [1.29, 1.82) is 0 Å². The summed E-state index contributed by atoms with van der Waals surface area (Å²) in [6.45, 7) is 0. The molecule has 0 N–H and O–H groups in total. The molecule has 0 aliphatic heterocycles. The van der Waals surface area contributed by atoms with Gasteiger partial charge in [0.2, 0.25) is 0 Å². The maximum atomic E-state index is 6.34. The molecule has 5 aromatic heterocycles. The number of hydrogen-bond donors (Lipinski definition) is 0. The minimum absolute atomic E-state index is 0.634. The molecule has 0 amide bonds. The Bertz CT molecular complexity index is 3540. The lowest BCUT2D eigenvalue weighted by molar-refractivity contribution is 0.667. The van der Waals surface area contributed by atoms with Gasteiger partial charge in [0.15, 0.2) is 28.9 Å². The number of aromatic nitrogens is 5. The van der Waals surface area contributed by atoms with Crippen LogP contribution in [0.15, 0.2) is 168 Å². The molecule has 0 atom stereocenters. The first-order valence-electron chi connectivity index (χ1n) is 18.7. The van der Waals surface area contributed by atoms with Gasteiger partial charge in [-0.3, -0.25) is 0 Å². The largest absolute Gasteiger partial charge is 0.452 e. The molecule has 0 aliphatic carbocycles. The molecule has 0 unspecified atom stereocenters. The van der Waals surface area contributed by atoms with Gasteiger partial charge in [-0.25, -0.2) is 24.9 Å². The van der Waals surface area contributed by atoms with Crippen molar-refractivity contribution in [1.82, 2.24) is 24.9 Å². The van der Waals surface area contributed by atoms with E-state index in [0.29, 0.717) is 28.9 Å². The molecule has 6 nitrogen and oxygen atoms in total. The zero-order valence-corrected chi connectivity index (χ0v) is 31.7. The van der Waals surface area contributed by atoms with E-state index in [9.17, 15) is 0 Å². The van der Waals surface area contributed by atoms with Gasteiger partial charge in [-0.15, -0.1) is 22.7 Å². The van der Waals surface area contributed by atoms with E-state index in [0.717, 1.165) is 65.5 Å². The van der Waals surface area contributed by atoms with Gasteiger partial charge in [0.05, 0.1) is 0 Å². The van der Waals surface area contributed by atoms with Gasteiger partial charge in [-0.05, 0) is 60.7 Å². The number of para-hydroxylation sites is 1. The highest BCUT2D eigenvalue weighted by Crippen LogP contribution is 2.41. The number of fused-ring (bicyclic) bond motifs is 9. The molecule has 12 rings (SSSR count). The maximum absolute atomic E-state index is 6.34. The fraction of sp³-hybridized carbons (Fsp3) is 0. The Balaban J connectivity index is 0.989. The Hall–Kier alpha value is -7.13. The molecule has 0 spiro atoms. The van der Waals surface area contributed by atoms with Gasteiger partial charge >= 0.3 is 0 Å². The van der Waals surface area contributed by atoms with Crippen LogP contribution in [0.1, 0.15) is 0 Å². The van der Waals surface area contributed by atoms with Gasteiger partial charge in [0.1, 0.15) is 16.8 Å². The van der Waals surface area contributed by atoms with E-state index in [-0.39, 0.29) is 0 Å². The van der Waals surface area contributed by atoms with Gasteiger partial charge in [0.25, 0.3) is 0 Å². The molecule has 5 heterocycles. The Morgan fingerprint density at radius 3 is 1.56 bits per heavy atom. The quantitative estimate of drug-likeness (QED) is 0.174. The van der Waals surface area contributed by atoms with Gasteiger partial charge in [-0.1, -0.05) is 103 Å². The lowest BCUT2D eigenvalue weighted by Gasteiger charge is -2.09. The third-order valence-corrected chi connectivity index (χ3v) is 12.8. The minimum Gasteiger partial charge on any atom is -0.452 e. The zero-order valence-electron chi connectivity index (χ0n) is 30.0. The number of thiophene rings is 2. The Labute approximate surface area is 333 Å². The van der Waals surface area contributed by atoms with Crippen molar-refractivity contribution in [3.63, 3.8) is 0 Å². The van der Waals surface area contributed by atoms with Gasteiger partial charge in [0, 0.05) is 73.5 Å². The second-order valence-corrected chi connectivity index (χ2v) is 16.2. The van der Waals surface area contributed by atoms with Crippen LogP contribution in [-0.2, 0) is 0 Å². The van der Waals surface area contributed by atoms with Crippen molar-refractivity contribution in [2.24, 2.45) is 0 Å². The summed E-state index contributed by atoms with van der Waals surface area (Å²) in [6.07, 6.45) is 0. The Morgan fingerprint density at radius 2 is 0.842 bits per heavy atom. The Morgan fingerprint density at radius 1 is 0.333 bits per heavy atom. The number of rotatable bonds is 5. The molecular formula is C49H27N5OS2. The average Bonchev–Trinajstić information content (AvgIpc) is 3.97. The van der Waals surface area contributed by atoms with Crippen LogP contribution in [0.5, 0.6) is 0 Å². The third-order valence-electron chi connectivity index (χ3n) is 10.6. The summed E-state index contributed by atoms with van der Waals surface area (Å²) in [6, 6.07) is 56.5. The summed E-state index contributed by atoms with van der Waals surface area (Å²) in [5.41, 5.74) is 7.85. The van der Waals surface area contributed by atoms with E-state index in [1.165, 1.54) is 24.9 Å². The first kappa shape index (κ1) is 32.1. The van der Waals surface area contributed by atoms with Crippen molar-refractivity contribution in [3.8, 4) is 56.8 Å². The number of furan rings is 1. The van der Waals surface area contributed by atoms with E-state index in [1.54, 1.807) is 22.7 Å². The van der Waals surface area contributed by atoms with Crippen molar-refractivity contribution < 1.29 is 4.42 Å². The molecule has 0 fully saturated rings. The molecule has 57 heavy (non-hydrogen) atoms. The normalized spacial score (nSPS) is 11.9. The van der Waals surface area contributed by atoms with Crippen LogP contribution in [0, 0.1) is 0 Å². The molecule has 12 aromatic rings. The highest BCUT2D eigenvalue weighted by molar-refractivity contribution is 7.26. The highest BCUT2D eigenvalue weighted by Gasteiger charge is 2.20. The second kappa shape index (κ2) is 12.7. The predicted octanol–water partition coefficient (Wildman–Crippen LogP) is 13.6. The average molecular weight is 766 g/mol. The smallest absolute Gasteiger partial charge is 0.180 e. The summed E-state index contributed by atoms with van der Waals surface area (Å²) < 4.78 is 11.2. The van der Waals surface area contributed by atoms with E-state index in [4.69, 9.17) is 29.3 Å². The summed E-state index contributed by atoms with van der Waals surface area (Å²) in [7, 11) is 0. The SMILES string of the molecule is c1ccc(-c2nc(-c3ccc4sc5ccccc5c4c3)nc(-c3ccc4sc5cc(-c6nc(-c7ccccc7)c7oc8ccccc8c7n6)ccc5c4c3)n2)cc1. The molecular weight excluding hydrogens is 739 g/mol. The fourth-order valence-electron chi connectivity index (χ4n) is 7.78. The third kappa shape index (κ3) is 5.33.